The molecular formula is C13H18FNO2S. The summed E-state index contributed by atoms with van der Waals surface area (Å²) >= 11 is 1.18. The van der Waals surface area contributed by atoms with Crippen LogP contribution in [-0.4, -0.2) is 29.9 Å². The Morgan fingerprint density at radius 2 is 2.22 bits per heavy atom. The third-order valence-electron chi connectivity index (χ3n) is 2.47. The fourth-order valence-electron chi connectivity index (χ4n) is 1.37. The molecule has 0 bridgehead atoms. The smallest absolute Gasteiger partial charge is 0.230 e. The van der Waals surface area contributed by atoms with Crippen LogP contribution in [0, 0.1) is 11.7 Å². The van der Waals surface area contributed by atoms with Gasteiger partial charge in [-0.05, 0) is 24.5 Å². The van der Waals surface area contributed by atoms with E-state index in [0.717, 1.165) is 0 Å². The molecule has 0 heterocycles. The van der Waals surface area contributed by atoms with Gasteiger partial charge in [-0.2, -0.15) is 0 Å². The van der Waals surface area contributed by atoms with E-state index in [4.69, 9.17) is 5.11 Å². The van der Waals surface area contributed by atoms with Gasteiger partial charge in [0.15, 0.2) is 0 Å². The van der Waals surface area contributed by atoms with Crippen LogP contribution in [0.5, 0.6) is 0 Å². The lowest BCUT2D eigenvalue weighted by atomic mass is 10.1. The van der Waals surface area contributed by atoms with Crippen molar-refractivity contribution in [3.05, 3.63) is 30.1 Å². The molecule has 1 amide bonds. The zero-order valence-corrected chi connectivity index (χ0v) is 11.2. The number of thioether (sulfide) groups is 1. The number of benzene rings is 1. The van der Waals surface area contributed by atoms with E-state index < -0.39 is 0 Å². The molecular weight excluding hydrogens is 253 g/mol. The molecule has 1 unspecified atom stereocenters. The van der Waals surface area contributed by atoms with Crippen molar-refractivity contribution in [1.29, 1.82) is 0 Å². The predicted octanol–water partition coefficient (Wildman–Crippen LogP) is 2.05. The van der Waals surface area contributed by atoms with Gasteiger partial charge in [0.2, 0.25) is 5.91 Å². The molecule has 18 heavy (non-hydrogen) atoms. The minimum atomic E-state index is -0.302. The first-order valence-electron chi connectivity index (χ1n) is 5.88. The van der Waals surface area contributed by atoms with Crippen molar-refractivity contribution < 1.29 is 14.3 Å². The third kappa shape index (κ3) is 5.51. The molecule has 0 spiro atoms. The van der Waals surface area contributed by atoms with E-state index in [9.17, 15) is 9.18 Å². The summed E-state index contributed by atoms with van der Waals surface area (Å²) < 4.78 is 13.3. The van der Waals surface area contributed by atoms with E-state index in [2.05, 4.69) is 5.32 Å². The van der Waals surface area contributed by atoms with Crippen LogP contribution in [0.4, 0.5) is 4.39 Å². The highest BCUT2D eigenvalue weighted by Crippen LogP contribution is 2.20. The number of amides is 1. The number of nitrogens with one attached hydrogen (secondary N) is 1. The van der Waals surface area contributed by atoms with Gasteiger partial charge >= 0.3 is 0 Å². The van der Waals surface area contributed by atoms with Gasteiger partial charge in [-0.15, -0.1) is 11.8 Å². The molecule has 100 valence electrons. The molecule has 0 fully saturated rings. The van der Waals surface area contributed by atoms with Crippen molar-refractivity contribution >= 4 is 17.7 Å². The average Bonchev–Trinajstić information content (AvgIpc) is 2.36. The van der Waals surface area contributed by atoms with Crippen molar-refractivity contribution in [3.63, 3.8) is 0 Å². The van der Waals surface area contributed by atoms with Crippen molar-refractivity contribution in [3.8, 4) is 0 Å². The second-order valence-electron chi connectivity index (χ2n) is 4.14. The Labute approximate surface area is 111 Å². The summed E-state index contributed by atoms with van der Waals surface area (Å²) in [4.78, 5) is 12.0. The van der Waals surface area contributed by atoms with E-state index in [-0.39, 0.29) is 30.0 Å². The minimum Gasteiger partial charge on any atom is -0.396 e. The van der Waals surface area contributed by atoms with Gasteiger partial charge < -0.3 is 10.4 Å². The maximum absolute atomic E-state index is 13.3. The molecule has 1 aromatic rings. The van der Waals surface area contributed by atoms with Gasteiger partial charge in [-0.25, -0.2) is 4.39 Å². The van der Waals surface area contributed by atoms with Crippen LogP contribution in [0.1, 0.15) is 13.3 Å². The fraction of sp³-hybridized carbons (Fsp3) is 0.462. The number of hydrogen-bond acceptors (Lipinski definition) is 3. The Hall–Kier alpha value is -1.07. The monoisotopic (exact) mass is 271 g/mol. The van der Waals surface area contributed by atoms with Gasteiger partial charge in [0, 0.05) is 18.0 Å². The summed E-state index contributed by atoms with van der Waals surface area (Å²) in [6, 6.07) is 6.40. The van der Waals surface area contributed by atoms with E-state index in [0.29, 0.717) is 17.9 Å². The summed E-state index contributed by atoms with van der Waals surface area (Å²) in [5.41, 5.74) is 0. The molecule has 0 aliphatic heterocycles. The first kappa shape index (κ1) is 15.0. The number of aliphatic hydroxyl groups excluding tert-OH is 1. The number of hydrogen-bond donors (Lipinski definition) is 2. The highest BCUT2D eigenvalue weighted by atomic mass is 32.2. The largest absolute Gasteiger partial charge is 0.396 e. The van der Waals surface area contributed by atoms with Gasteiger partial charge in [0.25, 0.3) is 0 Å². The summed E-state index contributed by atoms with van der Waals surface area (Å²) in [5.74, 6) is 0.0293. The number of aliphatic hydroxyl groups is 1. The minimum absolute atomic E-state index is 0.118. The predicted molar refractivity (Wildman–Crippen MR) is 71.0 cm³/mol. The average molecular weight is 271 g/mol. The zero-order valence-electron chi connectivity index (χ0n) is 10.4. The van der Waals surface area contributed by atoms with Crippen LogP contribution in [0.2, 0.25) is 0 Å². The second-order valence-corrected chi connectivity index (χ2v) is 5.16. The highest BCUT2D eigenvalue weighted by molar-refractivity contribution is 8.00. The van der Waals surface area contributed by atoms with Crippen molar-refractivity contribution in [2.75, 3.05) is 18.9 Å². The van der Waals surface area contributed by atoms with Crippen LogP contribution < -0.4 is 5.32 Å². The van der Waals surface area contributed by atoms with Crippen LogP contribution in [0.15, 0.2) is 29.2 Å². The van der Waals surface area contributed by atoms with Gasteiger partial charge in [0.1, 0.15) is 5.82 Å². The van der Waals surface area contributed by atoms with Crippen LogP contribution in [0.3, 0.4) is 0 Å². The number of halogens is 1. The van der Waals surface area contributed by atoms with E-state index in [1.165, 1.54) is 17.8 Å². The summed E-state index contributed by atoms with van der Waals surface area (Å²) in [7, 11) is 0. The van der Waals surface area contributed by atoms with Gasteiger partial charge in [-0.3, -0.25) is 4.79 Å². The van der Waals surface area contributed by atoms with Gasteiger partial charge in [-0.1, -0.05) is 19.1 Å². The zero-order chi connectivity index (χ0) is 13.4. The Morgan fingerprint density at radius 3 is 2.89 bits per heavy atom. The molecule has 3 nitrogen and oxygen atoms in total. The number of carbonyl (C=O) groups is 1. The third-order valence-corrected chi connectivity index (χ3v) is 3.51. The topological polar surface area (TPSA) is 49.3 Å². The summed E-state index contributed by atoms with van der Waals surface area (Å²) in [6.45, 7) is 2.62. The Morgan fingerprint density at radius 1 is 1.50 bits per heavy atom. The Kier molecular flexibility index (Phi) is 6.75. The molecule has 5 heteroatoms. The second kappa shape index (κ2) is 8.11. The first-order valence-corrected chi connectivity index (χ1v) is 6.87. The molecule has 1 atom stereocenters. The Balaban J connectivity index is 2.27. The molecule has 2 N–H and O–H groups in total. The summed E-state index contributed by atoms with van der Waals surface area (Å²) in [5, 5.41) is 11.5. The van der Waals surface area contributed by atoms with E-state index in [1.54, 1.807) is 18.2 Å². The number of carbonyl (C=O) groups excluding carboxylic acids is 1. The van der Waals surface area contributed by atoms with Crippen molar-refractivity contribution in [2.45, 2.75) is 18.2 Å². The Bertz CT molecular complexity index is 387. The number of rotatable bonds is 7. The first-order chi connectivity index (χ1) is 8.63. The molecule has 1 aromatic carbocycles. The standard InChI is InChI=1S/C13H18FNO2S/c1-10(6-7-16)8-15-13(17)9-18-12-5-3-2-4-11(12)14/h2-5,10,16H,6-9H2,1H3,(H,15,17). The molecule has 0 saturated carbocycles. The SMILES string of the molecule is CC(CCO)CNC(=O)CSc1ccccc1F. The molecule has 0 radical (unpaired) electrons. The van der Waals surface area contributed by atoms with Crippen molar-refractivity contribution in [1.82, 2.24) is 5.32 Å². The molecule has 0 saturated heterocycles. The highest BCUT2D eigenvalue weighted by Gasteiger charge is 2.07. The van der Waals surface area contributed by atoms with E-state index >= 15 is 0 Å². The maximum Gasteiger partial charge on any atom is 0.230 e. The molecule has 0 aliphatic carbocycles. The quantitative estimate of drug-likeness (QED) is 0.746. The van der Waals surface area contributed by atoms with E-state index in [1.807, 2.05) is 6.92 Å². The molecule has 0 aromatic heterocycles. The molecule has 1 rings (SSSR count). The maximum atomic E-state index is 13.3. The van der Waals surface area contributed by atoms with Crippen LogP contribution in [-0.2, 0) is 4.79 Å². The summed E-state index contributed by atoms with van der Waals surface area (Å²) in [6.07, 6.45) is 0.667. The normalized spacial score (nSPS) is 12.2. The van der Waals surface area contributed by atoms with Crippen LogP contribution >= 0.6 is 11.8 Å². The van der Waals surface area contributed by atoms with Gasteiger partial charge in [0.05, 0.1) is 5.75 Å². The fourth-order valence-corrected chi connectivity index (χ4v) is 2.14. The lowest BCUT2D eigenvalue weighted by molar-refractivity contribution is -0.118. The van der Waals surface area contributed by atoms with Crippen molar-refractivity contribution in [2.24, 2.45) is 5.92 Å². The van der Waals surface area contributed by atoms with Crippen LogP contribution in [0.25, 0.3) is 0 Å². The lowest BCUT2D eigenvalue weighted by Gasteiger charge is -2.11. The lowest BCUT2D eigenvalue weighted by Crippen LogP contribution is -2.30. The molecule has 0 aliphatic rings.